The van der Waals surface area contributed by atoms with Crippen LogP contribution >= 0.6 is 11.8 Å². The molecule has 0 aliphatic carbocycles. The van der Waals surface area contributed by atoms with Gasteiger partial charge in [0.15, 0.2) is 11.5 Å². The highest BCUT2D eigenvalue weighted by Gasteiger charge is 2.25. The number of hydrogen-bond acceptors (Lipinski definition) is 5. The molecule has 2 aromatic carbocycles. The Morgan fingerprint density at radius 3 is 2.87 bits per heavy atom. The minimum absolute atomic E-state index is 0.196. The lowest BCUT2D eigenvalue weighted by Gasteiger charge is -2.12. The first kappa shape index (κ1) is 18.8. The molecular formula is C23H21N3O3S. The molecule has 0 atom stereocenters. The van der Waals surface area contributed by atoms with E-state index in [1.165, 1.54) is 11.6 Å². The first-order valence-corrected chi connectivity index (χ1v) is 10.9. The lowest BCUT2D eigenvalue weighted by Crippen LogP contribution is -2.14. The van der Waals surface area contributed by atoms with E-state index in [9.17, 15) is 4.79 Å². The van der Waals surface area contributed by atoms with Crippen molar-refractivity contribution in [1.82, 2.24) is 9.78 Å². The second-order valence-corrected chi connectivity index (χ2v) is 8.39. The fraction of sp³-hybridized carbons (Fsp3) is 0.217. The van der Waals surface area contributed by atoms with Crippen LogP contribution < -0.4 is 14.8 Å². The zero-order chi connectivity index (χ0) is 20.7. The first-order chi connectivity index (χ1) is 14.6. The van der Waals surface area contributed by atoms with Crippen molar-refractivity contribution in [1.29, 1.82) is 0 Å². The second kappa shape index (κ2) is 7.57. The van der Waals surface area contributed by atoms with Crippen molar-refractivity contribution in [2.24, 2.45) is 0 Å². The summed E-state index contributed by atoms with van der Waals surface area (Å²) < 4.78 is 12.6. The van der Waals surface area contributed by atoms with Gasteiger partial charge in [-0.05, 0) is 49.2 Å². The summed E-state index contributed by atoms with van der Waals surface area (Å²) in [6.45, 7) is 4.36. The summed E-state index contributed by atoms with van der Waals surface area (Å²) in [6.07, 6.45) is 3.30. The molecular weight excluding hydrogens is 398 g/mol. The summed E-state index contributed by atoms with van der Waals surface area (Å²) in [6, 6.07) is 11.8. The Kier molecular flexibility index (Phi) is 4.75. The number of rotatable bonds is 4. The maximum atomic E-state index is 12.7. The molecule has 3 heterocycles. The lowest BCUT2D eigenvalue weighted by molar-refractivity contribution is -0.111. The molecule has 152 valence electrons. The molecule has 7 heteroatoms. The number of aromatic nitrogens is 2. The van der Waals surface area contributed by atoms with Crippen molar-refractivity contribution in [3.05, 3.63) is 70.4 Å². The average molecular weight is 420 g/mol. The molecule has 6 nitrogen and oxygen atoms in total. The SMILES string of the molecule is Cc1ccc(-n2nc3c(c2NC(=O)C=Cc2ccc4c(c2)OCO4)CSC3)c(C)c1. The number of fused-ring (bicyclic) bond motifs is 2. The van der Waals surface area contributed by atoms with E-state index < -0.39 is 0 Å². The molecule has 2 aliphatic rings. The van der Waals surface area contributed by atoms with Crippen molar-refractivity contribution in [3.8, 4) is 17.2 Å². The van der Waals surface area contributed by atoms with Gasteiger partial charge < -0.3 is 14.8 Å². The van der Waals surface area contributed by atoms with Gasteiger partial charge in [-0.25, -0.2) is 4.68 Å². The molecule has 0 radical (unpaired) electrons. The molecule has 0 spiro atoms. The number of ether oxygens (including phenoxy) is 2. The smallest absolute Gasteiger partial charge is 0.249 e. The van der Waals surface area contributed by atoms with E-state index in [0.29, 0.717) is 5.75 Å². The van der Waals surface area contributed by atoms with Crippen LogP contribution in [0, 0.1) is 13.8 Å². The van der Waals surface area contributed by atoms with E-state index in [4.69, 9.17) is 14.6 Å². The Balaban J connectivity index is 1.42. The fourth-order valence-corrected chi connectivity index (χ4v) is 4.74. The highest BCUT2D eigenvalue weighted by Crippen LogP contribution is 2.37. The van der Waals surface area contributed by atoms with E-state index in [0.717, 1.165) is 51.1 Å². The number of hydrogen-bond donors (Lipinski definition) is 1. The number of carbonyl (C=O) groups excluding carboxylic acids is 1. The molecule has 5 rings (SSSR count). The number of benzene rings is 2. The maximum Gasteiger partial charge on any atom is 0.249 e. The van der Waals surface area contributed by atoms with Crippen molar-refractivity contribution in [3.63, 3.8) is 0 Å². The molecule has 0 bridgehead atoms. The summed E-state index contributed by atoms with van der Waals surface area (Å²) in [5, 5.41) is 7.85. The van der Waals surface area contributed by atoms with E-state index >= 15 is 0 Å². The molecule has 2 aliphatic heterocycles. The van der Waals surface area contributed by atoms with Crippen molar-refractivity contribution in [2.45, 2.75) is 25.4 Å². The fourth-order valence-electron chi connectivity index (χ4n) is 3.71. The zero-order valence-corrected chi connectivity index (χ0v) is 17.6. The second-order valence-electron chi connectivity index (χ2n) is 7.40. The standard InChI is InChI=1S/C23H21N3O3S/c1-14-3-6-19(15(2)9-14)26-23(17-11-30-12-18(17)25-26)24-22(27)8-5-16-4-7-20-21(10-16)29-13-28-20/h3-10H,11-13H2,1-2H3,(H,24,27). The van der Waals surface area contributed by atoms with Crippen LogP contribution in [0.15, 0.2) is 42.5 Å². The third-order valence-corrected chi connectivity index (χ3v) is 6.17. The quantitative estimate of drug-likeness (QED) is 0.626. The Bertz CT molecular complexity index is 1180. The molecule has 1 N–H and O–H groups in total. The van der Waals surface area contributed by atoms with E-state index in [-0.39, 0.29) is 12.7 Å². The molecule has 0 unspecified atom stereocenters. The normalized spacial score (nSPS) is 14.3. The van der Waals surface area contributed by atoms with Crippen LogP contribution in [0.25, 0.3) is 11.8 Å². The van der Waals surface area contributed by atoms with Gasteiger partial charge in [0.05, 0.1) is 11.4 Å². The van der Waals surface area contributed by atoms with Gasteiger partial charge in [0.1, 0.15) is 5.82 Å². The number of aryl methyl sites for hydroxylation is 2. The lowest BCUT2D eigenvalue weighted by atomic mass is 10.1. The minimum atomic E-state index is -0.196. The van der Waals surface area contributed by atoms with Gasteiger partial charge in [0.25, 0.3) is 0 Å². The van der Waals surface area contributed by atoms with Gasteiger partial charge in [0.2, 0.25) is 12.7 Å². The number of thioether (sulfide) groups is 1. The minimum Gasteiger partial charge on any atom is -0.454 e. The van der Waals surface area contributed by atoms with Crippen LogP contribution in [-0.2, 0) is 16.3 Å². The number of carbonyl (C=O) groups is 1. The molecule has 0 fully saturated rings. The molecule has 0 saturated carbocycles. The van der Waals surface area contributed by atoms with Crippen LogP contribution in [0.3, 0.4) is 0 Å². The zero-order valence-electron chi connectivity index (χ0n) is 16.8. The third-order valence-electron chi connectivity index (χ3n) is 5.20. The highest BCUT2D eigenvalue weighted by atomic mass is 32.2. The molecule has 3 aromatic rings. The highest BCUT2D eigenvalue weighted by molar-refractivity contribution is 7.98. The Morgan fingerprint density at radius 1 is 1.13 bits per heavy atom. The monoisotopic (exact) mass is 419 g/mol. The largest absolute Gasteiger partial charge is 0.454 e. The summed E-state index contributed by atoms with van der Waals surface area (Å²) >= 11 is 1.81. The molecule has 0 saturated heterocycles. The first-order valence-electron chi connectivity index (χ1n) is 9.73. The summed E-state index contributed by atoms with van der Waals surface area (Å²) in [5.41, 5.74) is 6.31. The van der Waals surface area contributed by atoms with E-state index in [1.54, 1.807) is 6.08 Å². The van der Waals surface area contributed by atoms with Gasteiger partial charge in [-0.3, -0.25) is 4.79 Å². The maximum absolute atomic E-state index is 12.7. The number of nitrogens with zero attached hydrogens (tertiary/aromatic N) is 2. The van der Waals surface area contributed by atoms with Crippen molar-refractivity contribution in [2.75, 3.05) is 12.1 Å². The van der Waals surface area contributed by atoms with Gasteiger partial charge in [0, 0.05) is 23.1 Å². The van der Waals surface area contributed by atoms with Gasteiger partial charge in [-0.15, -0.1) is 0 Å². The third kappa shape index (κ3) is 3.45. The van der Waals surface area contributed by atoms with Crippen LogP contribution in [-0.4, -0.2) is 22.5 Å². The molecule has 1 amide bonds. The van der Waals surface area contributed by atoms with E-state index in [2.05, 4.69) is 37.4 Å². The Hall–Kier alpha value is -3.19. The van der Waals surface area contributed by atoms with Crippen molar-refractivity contribution >= 4 is 29.6 Å². The van der Waals surface area contributed by atoms with Crippen molar-refractivity contribution < 1.29 is 14.3 Å². The van der Waals surface area contributed by atoms with Gasteiger partial charge in [-0.2, -0.15) is 16.9 Å². The van der Waals surface area contributed by atoms with Gasteiger partial charge >= 0.3 is 0 Å². The number of anilines is 1. The molecule has 30 heavy (non-hydrogen) atoms. The Labute approximate surface area is 178 Å². The summed E-state index contributed by atoms with van der Waals surface area (Å²) in [7, 11) is 0. The summed E-state index contributed by atoms with van der Waals surface area (Å²) in [5.74, 6) is 3.69. The predicted molar refractivity (Wildman–Crippen MR) is 118 cm³/mol. The number of amides is 1. The van der Waals surface area contributed by atoms with Crippen LogP contribution in [0.2, 0.25) is 0 Å². The van der Waals surface area contributed by atoms with Crippen LogP contribution in [0.1, 0.15) is 27.9 Å². The number of nitrogens with one attached hydrogen (secondary N) is 1. The summed E-state index contributed by atoms with van der Waals surface area (Å²) in [4.78, 5) is 12.7. The van der Waals surface area contributed by atoms with E-state index in [1.807, 2.05) is 34.6 Å². The predicted octanol–water partition coefficient (Wildman–Crippen LogP) is 4.62. The average Bonchev–Trinajstić information content (AvgIpc) is 3.43. The van der Waals surface area contributed by atoms with Crippen LogP contribution in [0.4, 0.5) is 5.82 Å². The van der Waals surface area contributed by atoms with Gasteiger partial charge in [-0.1, -0.05) is 23.8 Å². The topological polar surface area (TPSA) is 65.4 Å². The molecule has 1 aromatic heterocycles. The Morgan fingerprint density at radius 2 is 2.00 bits per heavy atom. The van der Waals surface area contributed by atoms with Crippen LogP contribution in [0.5, 0.6) is 11.5 Å².